The topological polar surface area (TPSA) is 41.0 Å². The molecule has 1 aromatic carbocycles. The number of likely N-dealkylation sites (tertiary alicyclic amines) is 1. The number of benzene rings is 1. The smallest absolute Gasteiger partial charge is 0.313 e. The van der Waals surface area contributed by atoms with Crippen LogP contribution in [-0.4, -0.2) is 27.5 Å². The summed E-state index contributed by atoms with van der Waals surface area (Å²) in [5, 5.41) is 0. The molecule has 1 fully saturated rings. The second-order valence-corrected chi connectivity index (χ2v) is 5.17. The van der Waals surface area contributed by atoms with Crippen LogP contribution in [0.15, 0.2) is 47.5 Å². The molecule has 0 saturated carbocycles. The lowest BCUT2D eigenvalue weighted by Gasteiger charge is -2.32. The van der Waals surface area contributed by atoms with Crippen LogP contribution in [0.2, 0.25) is 0 Å². The number of hydrogen-bond acceptors (Lipinski definition) is 2. The first-order valence-electron chi connectivity index (χ1n) is 6.85. The lowest BCUT2D eigenvalue weighted by molar-refractivity contribution is 0.178. The molecule has 3 rings (SSSR count). The van der Waals surface area contributed by atoms with Crippen LogP contribution in [-0.2, 0) is 6.54 Å². The summed E-state index contributed by atoms with van der Waals surface area (Å²) in [6, 6.07) is 10.9. The van der Waals surface area contributed by atoms with Gasteiger partial charge in [0, 0.05) is 38.1 Å². The minimum atomic E-state index is 0.0153. The monoisotopic (exact) mass is 257 g/mol. The highest BCUT2D eigenvalue weighted by Crippen LogP contribution is 2.21. The predicted molar refractivity (Wildman–Crippen MR) is 75.0 cm³/mol. The van der Waals surface area contributed by atoms with Crippen LogP contribution < -0.4 is 5.69 Å². The Morgan fingerprint density at radius 3 is 2.53 bits per heavy atom. The minimum absolute atomic E-state index is 0.0153. The molecule has 1 N–H and O–H groups in total. The van der Waals surface area contributed by atoms with E-state index in [1.807, 2.05) is 16.8 Å². The number of aromatic amines is 1. The highest BCUT2D eigenvalue weighted by molar-refractivity contribution is 5.14. The summed E-state index contributed by atoms with van der Waals surface area (Å²) in [4.78, 5) is 16.8. The zero-order chi connectivity index (χ0) is 13.1. The molecule has 0 amide bonds. The van der Waals surface area contributed by atoms with Crippen molar-refractivity contribution >= 4 is 0 Å². The van der Waals surface area contributed by atoms with Crippen molar-refractivity contribution in [2.75, 3.05) is 13.1 Å². The van der Waals surface area contributed by atoms with Crippen molar-refractivity contribution < 1.29 is 0 Å². The Morgan fingerprint density at radius 1 is 1.16 bits per heavy atom. The lowest BCUT2D eigenvalue weighted by atomic mass is 10.0. The van der Waals surface area contributed by atoms with Crippen LogP contribution in [0.25, 0.3) is 0 Å². The molecule has 1 aliphatic heterocycles. The van der Waals surface area contributed by atoms with E-state index in [-0.39, 0.29) is 5.69 Å². The third kappa shape index (κ3) is 2.79. The highest BCUT2D eigenvalue weighted by atomic mass is 16.1. The van der Waals surface area contributed by atoms with Crippen LogP contribution in [0.3, 0.4) is 0 Å². The molecular weight excluding hydrogens is 238 g/mol. The van der Waals surface area contributed by atoms with Crippen molar-refractivity contribution in [3.63, 3.8) is 0 Å². The van der Waals surface area contributed by atoms with E-state index in [0.717, 1.165) is 32.5 Å². The Morgan fingerprint density at radius 2 is 1.89 bits per heavy atom. The average Bonchev–Trinajstić information content (AvgIpc) is 2.87. The number of hydrogen-bond donors (Lipinski definition) is 1. The van der Waals surface area contributed by atoms with Crippen LogP contribution in [0.5, 0.6) is 0 Å². The van der Waals surface area contributed by atoms with Gasteiger partial charge in [0.25, 0.3) is 0 Å². The van der Waals surface area contributed by atoms with Gasteiger partial charge in [-0.15, -0.1) is 0 Å². The summed E-state index contributed by atoms with van der Waals surface area (Å²) in [6.07, 6.45) is 5.67. The third-order valence-electron chi connectivity index (χ3n) is 3.88. The Bertz CT molecular complexity index is 564. The molecule has 100 valence electrons. The molecule has 0 unspecified atom stereocenters. The van der Waals surface area contributed by atoms with Gasteiger partial charge < -0.3 is 4.98 Å². The van der Waals surface area contributed by atoms with E-state index >= 15 is 0 Å². The van der Waals surface area contributed by atoms with Gasteiger partial charge in [-0.05, 0) is 18.4 Å². The van der Waals surface area contributed by atoms with Gasteiger partial charge in [0.05, 0.1) is 0 Å². The summed E-state index contributed by atoms with van der Waals surface area (Å²) in [6.45, 7) is 3.12. The summed E-state index contributed by atoms with van der Waals surface area (Å²) >= 11 is 0. The van der Waals surface area contributed by atoms with Crippen molar-refractivity contribution in [3.8, 4) is 0 Å². The number of H-pyrrole nitrogens is 1. The number of aromatic nitrogens is 2. The van der Waals surface area contributed by atoms with E-state index < -0.39 is 0 Å². The van der Waals surface area contributed by atoms with E-state index in [9.17, 15) is 4.79 Å². The van der Waals surface area contributed by atoms with Crippen molar-refractivity contribution in [1.29, 1.82) is 0 Å². The van der Waals surface area contributed by atoms with Crippen molar-refractivity contribution in [3.05, 3.63) is 58.8 Å². The largest absolute Gasteiger partial charge is 0.325 e. The third-order valence-corrected chi connectivity index (χ3v) is 3.88. The van der Waals surface area contributed by atoms with Gasteiger partial charge in [0.1, 0.15) is 0 Å². The fourth-order valence-corrected chi connectivity index (χ4v) is 2.82. The van der Waals surface area contributed by atoms with Crippen molar-refractivity contribution in [2.24, 2.45) is 0 Å². The molecule has 0 aliphatic carbocycles. The van der Waals surface area contributed by atoms with Gasteiger partial charge in [-0.25, -0.2) is 4.79 Å². The summed E-state index contributed by atoms with van der Waals surface area (Å²) in [5.74, 6) is 0. The molecule has 1 aliphatic rings. The van der Waals surface area contributed by atoms with Gasteiger partial charge in [-0.2, -0.15) is 0 Å². The molecule has 4 nitrogen and oxygen atoms in total. The maximum atomic E-state index is 11.6. The highest BCUT2D eigenvalue weighted by Gasteiger charge is 2.21. The number of piperidine rings is 1. The molecule has 1 aromatic heterocycles. The second kappa shape index (κ2) is 5.45. The molecule has 0 radical (unpaired) electrons. The number of nitrogens with one attached hydrogen (secondary N) is 1. The first-order chi connectivity index (χ1) is 9.33. The quantitative estimate of drug-likeness (QED) is 0.914. The Balaban J connectivity index is 1.58. The predicted octanol–water partition coefficient (Wildman–Crippen LogP) is 2.01. The Kier molecular flexibility index (Phi) is 3.51. The minimum Gasteiger partial charge on any atom is -0.313 e. The van der Waals surface area contributed by atoms with Crippen LogP contribution in [0.1, 0.15) is 24.4 Å². The van der Waals surface area contributed by atoms with Crippen LogP contribution in [0.4, 0.5) is 0 Å². The van der Waals surface area contributed by atoms with Gasteiger partial charge in [0.15, 0.2) is 0 Å². The molecule has 19 heavy (non-hydrogen) atoms. The van der Waals surface area contributed by atoms with Gasteiger partial charge in [0.2, 0.25) is 0 Å². The van der Waals surface area contributed by atoms with E-state index in [2.05, 4.69) is 34.1 Å². The van der Waals surface area contributed by atoms with Crippen molar-refractivity contribution in [1.82, 2.24) is 14.5 Å². The first kappa shape index (κ1) is 12.2. The van der Waals surface area contributed by atoms with Gasteiger partial charge in [-0.1, -0.05) is 30.3 Å². The molecular formula is C15H19N3O. The molecule has 1 saturated heterocycles. The fraction of sp³-hybridized carbons (Fsp3) is 0.400. The molecule has 0 atom stereocenters. The zero-order valence-electron chi connectivity index (χ0n) is 11.0. The SMILES string of the molecule is O=c1[nH]ccn1C1CCN(Cc2ccccc2)CC1. The normalized spacial score (nSPS) is 17.7. The van der Waals surface area contributed by atoms with E-state index in [0.29, 0.717) is 6.04 Å². The second-order valence-electron chi connectivity index (χ2n) is 5.17. The van der Waals surface area contributed by atoms with E-state index in [1.54, 1.807) is 6.20 Å². The number of imidazole rings is 1. The van der Waals surface area contributed by atoms with Gasteiger partial charge >= 0.3 is 5.69 Å². The Hall–Kier alpha value is -1.81. The summed E-state index contributed by atoms with van der Waals surface area (Å²) < 4.78 is 1.83. The summed E-state index contributed by atoms with van der Waals surface area (Å²) in [7, 11) is 0. The van der Waals surface area contributed by atoms with Crippen molar-refractivity contribution in [2.45, 2.75) is 25.4 Å². The van der Waals surface area contributed by atoms with Crippen LogP contribution >= 0.6 is 0 Å². The van der Waals surface area contributed by atoms with E-state index in [1.165, 1.54) is 5.56 Å². The molecule has 0 spiro atoms. The maximum absolute atomic E-state index is 11.6. The number of nitrogens with zero attached hydrogens (tertiary/aromatic N) is 2. The van der Waals surface area contributed by atoms with E-state index in [4.69, 9.17) is 0 Å². The zero-order valence-corrected chi connectivity index (χ0v) is 11.0. The Labute approximate surface area is 112 Å². The van der Waals surface area contributed by atoms with Crippen LogP contribution in [0, 0.1) is 0 Å². The van der Waals surface area contributed by atoms with Gasteiger partial charge in [-0.3, -0.25) is 9.47 Å². The molecule has 2 heterocycles. The molecule has 4 heteroatoms. The first-order valence-corrected chi connectivity index (χ1v) is 6.85. The standard InChI is InChI=1S/C15H19N3O/c19-15-16-8-11-18(15)14-6-9-17(10-7-14)12-13-4-2-1-3-5-13/h1-5,8,11,14H,6-7,9-10,12H2,(H,16,19). The maximum Gasteiger partial charge on any atom is 0.325 e. The number of rotatable bonds is 3. The fourth-order valence-electron chi connectivity index (χ4n) is 2.82. The summed E-state index contributed by atoms with van der Waals surface area (Å²) in [5.41, 5.74) is 1.38. The molecule has 2 aromatic rings. The average molecular weight is 257 g/mol. The molecule has 0 bridgehead atoms. The lowest BCUT2D eigenvalue weighted by Crippen LogP contribution is -2.36.